The number of ether oxygens (including phenoxy) is 2. The van der Waals surface area contributed by atoms with Crippen molar-refractivity contribution < 1.29 is 9.47 Å². The zero-order valence-electron chi connectivity index (χ0n) is 13.1. The second kappa shape index (κ2) is 7.97. The van der Waals surface area contributed by atoms with Crippen molar-refractivity contribution in [2.45, 2.75) is 52.2 Å². The minimum atomic E-state index is 0.156. The lowest BCUT2D eigenvalue weighted by Crippen LogP contribution is -2.31. The van der Waals surface area contributed by atoms with Gasteiger partial charge in [-0.3, -0.25) is 0 Å². The molecule has 1 aromatic heterocycles. The summed E-state index contributed by atoms with van der Waals surface area (Å²) in [6.07, 6.45) is 3.40. The van der Waals surface area contributed by atoms with E-state index in [1.165, 1.54) is 0 Å². The molecule has 2 rings (SSSR count). The molecule has 0 bridgehead atoms. The summed E-state index contributed by atoms with van der Waals surface area (Å²) in [6, 6.07) is 0.497. The average Bonchev–Trinajstić information content (AvgIpc) is 2.99. The maximum absolute atomic E-state index is 5.68. The van der Waals surface area contributed by atoms with E-state index < -0.39 is 0 Å². The van der Waals surface area contributed by atoms with E-state index in [1.54, 1.807) is 0 Å². The van der Waals surface area contributed by atoms with Crippen LogP contribution in [0.1, 0.15) is 40.0 Å². The van der Waals surface area contributed by atoms with E-state index in [9.17, 15) is 0 Å². The molecule has 21 heavy (non-hydrogen) atoms. The van der Waals surface area contributed by atoms with Gasteiger partial charge in [0.05, 0.1) is 18.8 Å². The lowest BCUT2D eigenvalue weighted by molar-refractivity contribution is 0.0994. The first-order valence-electron chi connectivity index (χ1n) is 7.73. The Morgan fingerprint density at radius 2 is 2.10 bits per heavy atom. The van der Waals surface area contributed by atoms with Gasteiger partial charge in [0, 0.05) is 13.2 Å². The Hall–Kier alpha value is -1.63. The van der Waals surface area contributed by atoms with Gasteiger partial charge in [0.25, 0.3) is 0 Å². The monoisotopic (exact) mass is 295 g/mol. The zero-order valence-corrected chi connectivity index (χ0v) is 13.1. The molecule has 0 spiro atoms. The molecule has 0 aliphatic carbocycles. The van der Waals surface area contributed by atoms with Crippen LogP contribution < -0.4 is 15.4 Å². The van der Waals surface area contributed by atoms with Crippen molar-refractivity contribution in [3.63, 3.8) is 0 Å². The van der Waals surface area contributed by atoms with E-state index >= 15 is 0 Å². The largest absolute Gasteiger partial charge is 0.464 e. The highest BCUT2D eigenvalue weighted by atomic mass is 16.5. The molecule has 2 unspecified atom stereocenters. The molecule has 118 valence electrons. The number of hydrogen-bond acceptors (Lipinski definition) is 7. The van der Waals surface area contributed by atoms with Crippen molar-refractivity contribution in [1.82, 2.24) is 15.0 Å². The summed E-state index contributed by atoms with van der Waals surface area (Å²) in [6.45, 7) is 8.26. The maximum atomic E-state index is 5.68. The molecule has 2 atom stereocenters. The third-order valence-corrected chi connectivity index (χ3v) is 3.30. The number of hydrogen-bond donors (Lipinski definition) is 2. The van der Waals surface area contributed by atoms with Crippen molar-refractivity contribution in [2.75, 3.05) is 30.4 Å². The topological polar surface area (TPSA) is 81.2 Å². The third kappa shape index (κ3) is 4.70. The predicted molar refractivity (Wildman–Crippen MR) is 81.8 cm³/mol. The number of aromatic nitrogens is 3. The highest BCUT2D eigenvalue weighted by molar-refractivity contribution is 5.36. The number of rotatable bonds is 8. The van der Waals surface area contributed by atoms with Gasteiger partial charge in [0.15, 0.2) is 0 Å². The van der Waals surface area contributed by atoms with E-state index in [4.69, 9.17) is 9.47 Å². The Morgan fingerprint density at radius 3 is 2.76 bits per heavy atom. The van der Waals surface area contributed by atoms with Crippen LogP contribution in [0.4, 0.5) is 11.9 Å². The molecule has 1 aliphatic rings. The zero-order chi connectivity index (χ0) is 15.1. The van der Waals surface area contributed by atoms with E-state index in [1.807, 2.05) is 6.92 Å². The summed E-state index contributed by atoms with van der Waals surface area (Å²) in [5.41, 5.74) is 0. The lowest BCUT2D eigenvalue weighted by atomic mass is 10.1. The highest BCUT2D eigenvalue weighted by Gasteiger charge is 2.23. The first-order valence-corrected chi connectivity index (χ1v) is 7.73. The minimum Gasteiger partial charge on any atom is -0.464 e. The van der Waals surface area contributed by atoms with Gasteiger partial charge in [-0.05, 0) is 33.1 Å². The normalized spacial score (nSPS) is 19.3. The van der Waals surface area contributed by atoms with Crippen molar-refractivity contribution in [3.8, 4) is 6.01 Å². The Balaban J connectivity index is 2.06. The van der Waals surface area contributed by atoms with Gasteiger partial charge in [0.2, 0.25) is 11.9 Å². The molecule has 1 fully saturated rings. The average molecular weight is 295 g/mol. The quantitative estimate of drug-likeness (QED) is 0.759. The number of anilines is 2. The van der Waals surface area contributed by atoms with Gasteiger partial charge in [-0.1, -0.05) is 6.92 Å². The van der Waals surface area contributed by atoms with Gasteiger partial charge >= 0.3 is 6.01 Å². The Labute approximate surface area is 125 Å². The molecule has 0 saturated carbocycles. The van der Waals surface area contributed by atoms with Crippen LogP contribution in [0.3, 0.4) is 0 Å². The molecule has 7 nitrogen and oxygen atoms in total. The molecular weight excluding hydrogens is 270 g/mol. The fourth-order valence-corrected chi connectivity index (χ4v) is 2.22. The van der Waals surface area contributed by atoms with Gasteiger partial charge in [0.1, 0.15) is 0 Å². The first kappa shape index (κ1) is 15.8. The standard InChI is InChI=1S/C14H25N5O2/c1-4-8-15-12-17-13(19-14(18-12)20-5-2)16-10(3)11-7-6-9-21-11/h10-11H,4-9H2,1-3H3,(H2,15,16,17,18,19). The van der Waals surface area contributed by atoms with Crippen LogP contribution in [0.2, 0.25) is 0 Å². The summed E-state index contributed by atoms with van der Waals surface area (Å²) in [5.74, 6) is 1.06. The molecule has 7 heteroatoms. The second-order valence-electron chi connectivity index (χ2n) is 5.11. The Bertz CT molecular complexity index is 437. The summed E-state index contributed by atoms with van der Waals surface area (Å²) < 4.78 is 11.1. The molecule has 0 radical (unpaired) electrons. The van der Waals surface area contributed by atoms with Crippen LogP contribution in [-0.2, 0) is 4.74 Å². The molecule has 2 N–H and O–H groups in total. The summed E-state index contributed by atoms with van der Waals surface area (Å²) >= 11 is 0. The molecule has 1 saturated heterocycles. The van der Waals surface area contributed by atoms with Crippen LogP contribution in [0.5, 0.6) is 6.01 Å². The van der Waals surface area contributed by atoms with Crippen molar-refractivity contribution in [2.24, 2.45) is 0 Å². The fraction of sp³-hybridized carbons (Fsp3) is 0.786. The summed E-state index contributed by atoms with van der Waals surface area (Å²) in [4.78, 5) is 12.9. The lowest BCUT2D eigenvalue weighted by Gasteiger charge is -2.20. The SMILES string of the molecule is CCCNc1nc(NC(C)C2CCCO2)nc(OCC)n1. The van der Waals surface area contributed by atoms with Crippen molar-refractivity contribution in [3.05, 3.63) is 0 Å². The smallest absolute Gasteiger partial charge is 0.323 e. The van der Waals surface area contributed by atoms with Gasteiger partial charge in [-0.25, -0.2) is 0 Å². The van der Waals surface area contributed by atoms with Crippen LogP contribution in [-0.4, -0.2) is 46.9 Å². The van der Waals surface area contributed by atoms with E-state index in [0.29, 0.717) is 24.5 Å². The second-order valence-corrected chi connectivity index (χ2v) is 5.11. The van der Waals surface area contributed by atoms with Gasteiger partial charge in [-0.2, -0.15) is 15.0 Å². The third-order valence-electron chi connectivity index (χ3n) is 3.30. The van der Waals surface area contributed by atoms with Crippen molar-refractivity contribution in [1.29, 1.82) is 0 Å². The van der Waals surface area contributed by atoms with Gasteiger partial charge in [-0.15, -0.1) is 0 Å². The van der Waals surface area contributed by atoms with Crippen LogP contribution >= 0.6 is 0 Å². The minimum absolute atomic E-state index is 0.156. The number of nitrogens with zero attached hydrogens (tertiary/aromatic N) is 3. The summed E-state index contributed by atoms with van der Waals surface area (Å²) in [5, 5.41) is 6.46. The van der Waals surface area contributed by atoms with E-state index in [2.05, 4.69) is 39.4 Å². The highest BCUT2D eigenvalue weighted by Crippen LogP contribution is 2.19. The summed E-state index contributed by atoms with van der Waals surface area (Å²) in [7, 11) is 0. The van der Waals surface area contributed by atoms with Crippen molar-refractivity contribution >= 4 is 11.9 Å². The van der Waals surface area contributed by atoms with E-state index in [0.717, 1.165) is 32.4 Å². The first-order chi connectivity index (χ1) is 10.2. The molecule has 0 amide bonds. The molecule has 1 aromatic rings. The number of nitrogens with one attached hydrogen (secondary N) is 2. The van der Waals surface area contributed by atoms with Gasteiger partial charge < -0.3 is 20.1 Å². The van der Waals surface area contributed by atoms with Crippen LogP contribution in [0.15, 0.2) is 0 Å². The Morgan fingerprint density at radius 1 is 1.29 bits per heavy atom. The fourth-order valence-electron chi connectivity index (χ4n) is 2.22. The molecule has 0 aromatic carbocycles. The predicted octanol–water partition coefficient (Wildman–Crippen LogP) is 2.07. The Kier molecular flexibility index (Phi) is 5.98. The van der Waals surface area contributed by atoms with Crippen LogP contribution in [0.25, 0.3) is 0 Å². The van der Waals surface area contributed by atoms with Crippen LogP contribution in [0, 0.1) is 0 Å². The van der Waals surface area contributed by atoms with E-state index in [-0.39, 0.29) is 12.1 Å². The molecular formula is C14H25N5O2. The maximum Gasteiger partial charge on any atom is 0.323 e. The molecule has 1 aliphatic heterocycles. The molecule has 2 heterocycles.